The minimum atomic E-state index is -3.20. The van der Waals surface area contributed by atoms with Crippen LogP contribution in [-0.4, -0.2) is 39.7 Å². The van der Waals surface area contributed by atoms with Crippen LogP contribution in [0, 0.1) is 0 Å². The minimum absolute atomic E-state index is 0.395. The zero-order valence-electron chi connectivity index (χ0n) is 12.3. The number of hydrogen-bond acceptors (Lipinski definition) is 5. The van der Waals surface area contributed by atoms with Gasteiger partial charge in [0.25, 0.3) is 0 Å². The van der Waals surface area contributed by atoms with Gasteiger partial charge in [0, 0.05) is 17.3 Å². The molecule has 0 fully saturated rings. The van der Waals surface area contributed by atoms with Crippen LogP contribution in [0.1, 0.15) is 25.5 Å². The van der Waals surface area contributed by atoms with Gasteiger partial charge in [-0.15, -0.1) is 0 Å². The molecule has 0 bridgehead atoms. The highest BCUT2D eigenvalue weighted by atomic mass is 35.5. The van der Waals surface area contributed by atoms with Gasteiger partial charge in [0.2, 0.25) is 0 Å². The normalized spacial score (nSPS) is 17.3. The zero-order chi connectivity index (χ0) is 15.6. The molecule has 0 radical (unpaired) electrons. The lowest BCUT2D eigenvalue weighted by atomic mass is 10.0. The molecule has 1 aliphatic heterocycles. The van der Waals surface area contributed by atoms with Crippen LogP contribution in [0.4, 0.5) is 0 Å². The molecular weight excluding hydrogens is 314 g/mol. The number of rotatable bonds is 5. The number of benzene rings is 1. The van der Waals surface area contributed by atoms with Gasteiger partial charge in [-0.1, -0.05) is 18.5 Å². The van der Waals surface area contributed by atoms with E-state index in [1.54, 1.807) is 19.1 Å². The third-order valence-corrected chi connectivity index (χ3v) is 5.52. The summed E-state index contributed by atoms with van der Waals surface area (Å²) in [7, 11) is -3.20. The molecule has 0 saturated heterocycles. The molecule has 0 aliphatic carbocycles. The number of sulfone groups is 1. The summed E-state index contributed by atoms with van der Waals surface area (Å²) in [5.41, 5.74) is 0.709. The summed E-state index contributed by atoms with van der Waals surface area (Å²) in [6, 6.07) is 3.06. The number of ether oxygens (including phenoxy) is 2. The lowest BCUT2D eigenvalue weighted by Gasteiger charge is -2.27. The molecule has 0 aromatic heterocycles. The average molecular weight is 334 g/mol. The lowest BCUT2D eigenvalue weighted by Crippen LogP contribution is -2.35. The van der Waals surface area contributed by atoms with E-state index in [9.17, 15) is 8.42 Å². The fourth-order valence-electron chi connectivity index (χ4n) is 2.31. The van der Waals surface area contributed by atoms with Crippen molar-refractivity contribution in [1.82, 2.24) is 5.32 Å². The van der Waals surface area contributed by atoms with Crippen LogP contribution in [0.3, 0.4) is 0 Å². The Morgan fingerprint density at radius 3 is 2.38 bits per heavy atom. The van der Waals surface area contributed by atoms with E-state index >= 15 is 0 Å². The third-order valence-electron chi connectivity index (χ3n) is 3.57. The summed E-state index contributed by atoms with van der Waals surface area (Å²) >= 11 is 6.32. The molecule has 1 aliphatic rings. The topological polar surface area (TPSA) is 64.6 Å². The van der Waals surface area contributed by atoms with Gasteiger partial charge in [0.1, 0.15) is 13.2 Å². The van der Waals surface area contributed by atoms with E-state index in [-0.39, 0.29) is 0 Å². The van der Waals surface area contributed by atoms with E-state index in [0.29, 0.717) is 41.8 Å². The van der Waals surface area contributed by atoms with Gasteiger partial charge < -0.3 is 14.8 Å². The van der Waals surface area contributed by atoms with Crippen molar-refractivity contribution in [3.05, 3.63) is 22.7 Å². The van der Waals surface area contributed by atoms with E-state index in [1.807, 2.05) is 6.92 Å². The highest BCUT2D eigenvalue weighted by molar-refractivity contribution is 7.91. The molecule has 2 atom stereocenters. The van der Waals surface area contributed by atoms with Crippen molar-refractivity contribution >= 4 is 21.4 Å². The number of fused-ring (bicyclic) bond motifs is 1. The molecule has 21 heavy (non-hydrogen) atoms. The molecule has 2 unspecified atom stereocenters. The second-order valence-electron chi connectivity index (χ2n) is 5.09. The Balaban J connectivity index is 2.45. The Kier molecular flexibility index (Phi) is 5.01. The van der Waals surface area contributed by atoms with Gasteiger partial charge in [-0.05, 0) is 25.1 Å². The number of halogens is 1. The van der Waals surface area contributed by atoms with Crippen LogP contribution in [0.5, 0.6) is 11.5 Å². The molecule has 0 saturated carbocycles. The second-order valence-corrected chi connectivity index (χ2v) is 7.90. The summed E-state index contributed by atoms with van der Waals surface area (Å²) in [5.74, 6) is 1.20. The quantitative estimate of drug-likeness (QED) is 0.895. The van der Waals surface area contributed by atoms with E-state index in [2.05, 4.69) is 5.32 Å². The summed E-state index contributed by atoms with van der Waals surface area (Å²) in [5, 5.41) is 3.07. The van der Waals surface area contributed by atoms with Crippen LogP contribution in [0.15, 0.2) is 12.1 Å². The molecule has 2 rings (SSSR count). The predicted molar refractivity (Wildman–Crippen MR) is 83.2 cm³/mol. The Morgan fingerprint density at radius 2 is 1.86 bits per heavy atom. The van der Waals surface area contributed by atoms with Gasteiger partial charge in [0.15, 0.2) is 21.3 Å². The van der Waals surface area contributed by atoms with Crippen LogP contribution >= 0.6 is 11.6 Å². The number of nitrogens with one attached hydrogen (secondary N) is 1. The van der Waals surface area contributed by atoms with E-state index in [1.165, 1.54) is 6.26 Å². The van der Waals surface area contributed by atoms with Crippen molar-refractivity contribution < 1.29 is 17.9 Å². The van der Waals surface area contributed by atoms with E-state index in [4.69, 9.17) is 21.1 Å². The summed E-state index contributed by atoms with van der Waals surface area (Å²) < 4.78 is 34.8. The van der Waals surface area contributed by atoms with Crippen LogP contribution in [-0.2, 0) is 9.84 Å². The minimum Gasteiger partial charge on any atom is -0.486 e. The van der Waals surface area contributed by atoms with Crippen LogP contribution < -0.4 is 14.8 Å². The first-order valence-electron chi connectivity index (χ1n) is 6.86. The largest absolute Gasteiger partial charge is 0.486 e. The first-order valence-corrected chi connectivity index (χ1v) is 9.19. The molecule has 118 valence electrons. The van der Waals surface area contributed by atoms with Gasteiger partial charge >= 0.3 is 0 Å². The maximum Gasteiger partial charge on any atom is 0.162 e. The fraction of sp³-hybridized carbons (Fsp3) is 0.571. The van der Waals surface area contributed by atoms with Crippen molar-refractivity contribution in [2.45, 2.75) is 25.1 Å². The van der Waals surface area contributed by atoms with Gasteiger partial charge in [-0.3, -0.25) is 0 Å². The van der Waals surface area contributed by atoms with Gasteiger partial charge in [0.05, 0.1) is 11.3 Å². The van der Waals surface area contributed by atoms with Crippen molar-refractivity contribution in [2.24, 2.45) is 0 Å². The first kappa shape index (κ1) is 16.4. The SMILES string of the molecule is CCNC(c1cc2c(cc1Cl)OCCO2)C(C)S(C)(=O)=O. The summed E-state index contributed by atoms with van der Waals surface area (Å²) in [6.07, 6.45) is 1.23. The fourth-order valence-corrected chi connectivity index (χ4v) is 3.32. The number of hydrogen-bond donors (Lipinski definition) is 1. The Morgan fingerprint density at radius 1 is 1.29 bits per heavy atom. The monoisotopic (exact) mass is 333 g/mol. The summed E-state index contributed by atoms with van der Waals surface area (Å²) in [4.78, 5) is 0. The second kappa shape index (κ2) is 6.42. The van der Waals surface area contributed by atoms with Gasteiger partial charge in [-0.2, -0.15) is 0 Å². The molecule has 5 nitrogen and oxygen atoms in total. The maximum absolute atomic E-state index is 11.9. The Bertz CT molecular complexity index is 618. The highest BCUT2D eigenvalue weighted by Gasteiger charge is 2.29. The van der Waals surface area contributed by atoms with Crippen molar-refractivity contribution in [2.75, 3.05) is 26.0 Å². The smallest absolute Gasteiger partial charge is 0.162 e. The first-order chi connectivity index (χ1) is 9.84. The lowest BCUT2D eigenvalue weighted by molar-refractivity contribution is 0.171. The molecule has 1 aromatic rings. The standard InChI is InChI=1S/C14H20ClNO4S/c1-4-16-14(9(2)21(3,17)18)10-7-12-13(8-11(10)15)20-6-5-19-12/h7-9,14,16H,4-6H2,1-3H3. The van der Waals surface area contributed by atoms with Gasteiger partial charge in [-0.25, -0.2) is 8.42 Å². The molecule has 1 aromatic carbocycles. The van der Waals surface area contributed by atoms with Crippen molar-refractivity contribution in [3.63, 3.8) is 0 Å². The summed E-state index contributed by atoms with van der Waals surface area (Å²) in [6.45, 7) is 5.19. The van der Waals surface area contributed by atoms with E-state index < -0.39 is 21.1 Å². The van der Waals surface area contributed by atoms with Crippen molar-refractivity contribution in [1.29, 1.82) is 0 Å². The average Bonchev–Trinajstić information content (AvgIpc) is 2.42. The molecule has 0 amide bonds. The highest BCUT2D eigenvalue weighted by Crippen LogP contribution is 2.39. The zero-order valence-corrected chi connectivity index (χ0v) is 13.9. The molecule has 1 N–H and O–H groups in total. The maximum atomic E-state index is 11.9. The molecule has 7 heteroatoms. The molecular formula is C14H20ClNO4S. The third kappa shape index (κ3) is 3.62. The molecule has 1 heterocycles. The predicted octanol–water partition coefficient (Wildman–Crippen LogP) is 2.19. The van der Waals surface area contributed by atoms with Crippen molar-refractivity contribution in [3.8, 4) is 11.5 Å². The van der Waals surface area contributed by atoms with Crippen LogP contribution in [0.25, 0.3) is 0 Å². The molecule has 0 spiro atoms. The Labute approximate surface area is 130 Å². The van der Waals surface area contributed by atoms with E-state index in [0.717, 1.165) is 0 Å². The van der Waals surface area contributed by atoms with Crippen LogP contribution in [0.2, 0.25) is 5.02 Å². The Hall–Kier alpha value is -0.980.